The van der Waals surface area contributed by atoms with Crippen LogP contribution in [-0.4, -0.2) is 15.2 Å². The summed E-state index contributed by atoms with van der Waals surface area (Å²) in [6, 6.07) is 9.28. The summed E-state index contributed by atoms with van der Waals surface area (Å²) in [5, 5.41) is 19.4. The molecule has 3 nitrogen and oxygen atoms in total. The fourth-order valence-electron chi connectivity index (χ4n) is 1.62. The highest BCUT2D eigenvalue weighted by Crippen LogP contribution is 2.21. The van der Waals surface area contributed by atoms with E-state index in [1.807, 2.05) is 78.8 Å². The highest BCUT2D eigenvalue weighted by atomic mass is 16.3. The molecule has 158 valence electrons. The van der Waals surface area contributed by atoms with Crippen LogP contribution < -0.4 is 0 Å². The maximum Gasteiger partial charge on any atom is 0.141 e. The van der Waals surface area contributed by atoms with E-state index in [9.17, 15) is 5.11 Å². The zero-order valence-corrected chi connectivity index (χ0v) is 19.4. The Bertz CT molecular complexity index is 701. The first-order chi connectivity index (χ1) is 13.4. The molecule has 3 heteroatoms. The minimum absolute atomic E-state index is 0.246. The molecule has 0 saturated heterocycles. The number of phenolic OH excluding ortho intramolecular Hbond substituents is 1. The predicted molar refractivity (Wildman–Crippen MR) is 127 cm³/mol. The van der Waals surface area contributed by atoms with Gasteiger partial charge in [-0.25, -0.2) is 4.98 Å². The summed E-state index contributed by atoms with van der Waals surface area (Å²) in [6.07, 6.45) is 6.22. The van der Waals surface area contributed by atoms with Crippen molar-refractivity contribution in [1.82, 2.24) is 4.98 Å². The number of fused-ring (bicyclic) bond motifs is 1. The molecular formula is C25H41NO2. The summed E-state index contributed by atoms with van der Waals surface area (Å²) in [7, 11) is 0. The molecule has 0 saturated carbocycles. The molecule has 0 aliphatic heterocycles. The Hall–Kier alpha value is -2.55. The molecule has 1 aromatic carbocycles. The van der Waals surface area contributed by atoms with Crippen molar-refractivity contribution < 1.29 is 10.2 Å². The van der Waals surface area contributed by atoms with Crippen molar-refractivity contribution in [3.8, 4) is 5.75 Å². The van der Waals surface area contributed by atoms with Crippen molar-refractivity contribution in [2.75, 3.05) is 0 Å². The molecule has 1 aromatic heterocycles. The van der Waals surface area contributed by atoms with E-state index in [-0.39, 0.29) is 11.5 Å². The summed E-state index contributed by atoms with van der Waals surface area (Å²) in [4.78, 5) is 4.23. The number of aryl methyl sites for hydroxylation is 1. The van der Waals surface area contributed by atoms with Gasteiger partial charge in [-0.2, -0.15) is 0 Å². The van der Waals surface area contributed by atoms with Crippen molar-refractivity contribution in [1.29, 1.82) is 0 Å². The lowest BCUT2D eigenvalue weighted by Gasteiger charge is -1.99. The van der Waals surface area contributed by atoms with Gasteiger partial charge in [0.2, 0.25) is 0 Å². The number of para-hydroxylation sites is 1. The third-order valence-electron chi connectivity index (χ3n) is 2.95. The fraction of sp³-hybridized carbons (Fsp3) is 0.400. The number of phenols is 1. The molecule has 2 rings (SSSR count). The molecule has 0 aliphatic rings. The zero-order chi connectivity index (χ0) is 22.5. The lowest BCUT2D eigenvalue weighted by atomic mass is 10.2. The maximum atomic E-state index is 9.43. The Morgan fingerprint density at radius 3 is 2.07 bits per heavy atom. The van der Waals surface area contributed by atoms with Gasteiger partial charge in [0.1, 0.15) is 17.0 Å². The second kappa shape index (κ2) is 20.8. The molecule has 0 amide bonds. The van der Waals surface area contributed by atoms with E-state index < -0.39 is 0 Å². The molecule has 2 aromatic rings. The van der Waals surface area contributed by atoms with E-state index in [1.165, 1.54) is 6.42 Å². The van der Waals surface area contributed by atoms with Gasteiger partial charge in [0.25, 0.3) is 0 Å². The molecule has 0 radical (unpaired) electrons. The molecular weight excluding hydrogens is 346 g/mol. The number of aliphatic hydroxyl groups is 1. The van der Waals surface area contributed by atoms with Gasteiger partial charge < -0.3 is 10.2 Å². The van der Waals surface area contributed by atoms with Gasteiger partial charge in [-0.15, -0.1) is 0 Å². The second-order valence-corrected chi connectivity index (χ2v) is 5.27. The van der Waals surface area contributed by atoms with Crippen LogP contribution in [0.2, 0.25) is 0 Å². The maximum absolute atomic E-state index is 9.43. The molecule has 28 heavy (non-hydrogen) atoms. The van der Waals surface area contributed by atoms with Crippen LogP contribution >= 0.6 is 0 Å². The minimum atomic E-state index is 0.246. The van der Waals surface area contributed by atoms with Gasteiger partial charge >= 0.3 is 0 Å². The quantitative estimate of drug-likeness (QED) is 0.402. The van der Waals surface area contributed by atoms with Crippen molar-refractivity contribution in [3.63, 3.8) is 0 Å². The van der Waals surface area contributed by atoms with Gasteiger partial charge in [-0.3, -0.25) is 0 Å². The van der Waals surface area contributed by atoms with Crippen molar-refractivity contribution in [3.05, 3.63) is 72.2 Å². The van der Waals surface area contributed by atoms with Crippen molar-refractivity contribution in [2.45, 2.75) is 68.7 Å². The van der Waals surface area contributed by atoms with Crippen LogP contribution in [0.3, 0.4) is 0 Å². The second-order valence-electron chi connectivity index (χ2n) is 5.27. The lowest BCUT2D eigenvalue weighted by Crippen LogP contribution is -1.82. The Labute approximate surface area is 173 Å². The number of pyridine rings is 1. The Morgan fingerprint density at radius 1 is 1.07 bits per heavy atom. The van der Waals surface area contributed by atoms with E-state index in [2.05, 4.69) is 25.4 Å². The number of allylic oxidation sites excluding steroid dienone is 4. The minimum Gasteiger partial charge on any atom is -0.508 e. The first-order valence-corrected chi connectivity index (χ1v) is 10.1. The summed E-state index contributed by atoms with van der Waals surface area (Å²) in [6.45, 7) is 21.3. The fourth-order valence-corrected chi connectivity index (χ4v) is 1.62. The number of aromatic hydroxyl groups is 1. The first kappa shape index (κ1) is 30.2. The van der Waals surface area contributed by atoms with Crippen LogP contribution in [0.4, 0.5) is 0 Å². The molecule has 0 fully saturated rings. The monoisotopic (exact) mass is 387 g/mol. The van der Waals surface area contributed by atoms with E-state index >= 15 is 0 Å². The van der Waals surface area contributed by atoms with Gasteiger partial charge in [0, 0.05) is 11.1 Å². The number of nitrogens with zero attached hydrogens (tertiary/aromatic N) is 1. The molecule has 0 bridgehead atoms. The van der Waals surface area contributed by atoms with Crippen LogP contribution in [0, 0.1) is 6.92 Å². The van der Waals surface area contributed by atoms with Crippen molar-refractivity contribution in [2.24, 2.45) is 0 Å². The van der Waals surface area contributed by atoms with Gasteiger partial charge in [0.15, 0.2) is 0 Å². The Morgan fingerprint density at radius 2 is 1.61 bits per heavy atom. The molecule has 0 unspecified atom stereocenters. The highest BCUT2D eigenvalue weighted by Gasteiger charge is 1.98. The van der Waals surface area contributed by atoms with Crippen LogP contribution in [0.5, 0.6) is 5.75 Å². The van der Waals surface area contributed by atoms with Crippen LogP contribution in [-0.2, 0) is 0 Å². The number of rotatable bonds is 2. The van der Waals surface area contributed by atoms with Crippen LogP contribution in [0.1, 0.15) is 67.5 Å². The number of benzene rings is 1. The van der Waals surface area contributed by atoms with Crippen LogP contribution in [0.15, 0.2) is 66.5 Å². The molecule has 2 N–H and O–H groups in total. The summed E-state index contributed by atoms with van der Waals surface area (Å²) in [5.74, 6) is 0.531. The standard InChI is InChI=1S/C10H9NO.C8H12O.C3H8.2C2H6/c1-7-5-6-8-3-2-4-9(12)10(8)11-7;1-4-6-8(9)7(3)5-2;1-3-2;2*1-2/h2-6,12H,1H3;4-6,9H,1H2,2-3H3;3H2,1-2H3;2*1-2H3/b;7-5-,8-6+;;;. The molecule has 1 heterocycles. The van der Waals surface area contributed by atoms with E-state index in [0.29, 0.717) is 5.52 Å². The number of aliphatic hydroxyl groups excluding tert-OH is 1. The van der Waals surface area contributed by atoms with E-state index in [1.54, 1.807) is 18.2 Å². The number of aromatic nitrogens is 1. The zero-order valence-electron chi connectivity index (χ0n) is 19.4. The topological polar surface area (TPSA) is 53.4 Å². The van der Waals surface area contributed by atoms with Gasteiger partial charge in [-0.05, 0) is 44.6 Å². The van der Waals surface area contributed by atoms with E-state index in [0.717, 1.165) is 16.7 Å². The molecule has 0 aliphatic carbocycles. The van der Waals surface area contributed by atoms with E-state index in [4.69, 9.17) is 5.11 Å². The third-order valence-corrected chi connectivity index (χ3v) is 2.95. The van der Waals surface area contributed by atoms with Crippen LogP contribution in [0.25, 0.3) is 10.9 Å². The average Bonchev–Trinajstić information content (AvgIpc) is 2.72. The molecule has 0 spiro atoms. The summed E-state index contributed by atoms with van der Waals surface area (Å²) >= 11 is 0. The third kappa shape index (κ3) is 13.6. The van der Waals surface area contributed by atoms with Gasteiger partial charge in [0.05, 0.1) is 0 Å². The number of hydrogen-bond acceptors (Lipinski definition) is 3. The predicted octanol–water partition coefficient (Wildman–Crippen LogP) is 8.30. The SMILES string of the molecule is C=C/C=C(O)\C(C)=C/C.CC.CC.CCC.Cc1ccc2cccc(O)c2n1. The summed E-state index contributed by atoms with van der Waals surface area (Å²) < 4.78 is 0. The Kier molecular flexibility index (Phi) is 22.4. The number of hydrogen-bond donors (Lipinski definition) is 2. The lowest BCUT2D eigenvalue weighted by molar-refractivity contribution is 0.423. The largest absolute Gasteiger partial charge is 0.508 e. The Balaban J connectivity index is -0.000000348. The average molecular weight is 388 g/mol. The summed E-state index contributed by atoms with van der Waals surface area (Å²) in [5.41, 5.74) is 2.47. The molecule has 0 atom stereocenters. The van der Waals surface area contributed by atoms with Crippen molar-refractivity contribution >= 4 is 10.9 Å². The van der Waals surface area contributed by atoms with Gasteiger partial charge in [-0.1, -0.05) is 84.9 Å². The first-order valence-electron chi connectivity index (χ1n) is 10.1. The normalized spacial score (nSPS) is 9.89. The smallest absolute Gasteiger partial charge is 0.141 e. The highest BCUT2D eigenvalue weighted by molar-refractivity contribution is 5.84.